The highest BCUT2D eigenvalue weighted by Gasteiger charge is 2.30. The molecule has 0 aliphatic heterocycles. The van der Waals surface area contributed by atoms with E-state index >= 15 is 0 Å². The zero-order chi connectivity index (χ0) is 59.5. The third-order valence-electron chi connectivity index (χ3n) is 22.5. The van der Waals surface area contributed by atoms with Crippen LogP contribution in [0.1, 0.15) is 365 Å². The molecule has 462 valence electrons. The van der Waals surface area contributed by atoms with E-state index in [0.717, 1.165) is 0 Å². The van der Waals surface area contributed by atoms with Crippen molar-refractivity contribution in [3.8, 4) is 0 Å². The quantitative estimate of drug-likeness (QED) is 0.168. The van der Waals surface area contributed by atoms with Crippen molar-refractivity contribution < 1.29 is 0 Å². The van der Waals surface area contributed by atoms with Crippen molar-refractivity contribution in [1.29, 1.82) is 0 Å². The van der Waals surface area contributed by atoms with E-state index in [4.69, 9.17) is 0 Å². The Labute approximate surface area is 504 Å². The molecule has 0 spiro atoms. The minimum Gasteiger partial charge on any atom is -0.103 e. The third-order valence-corrected chi connectivity index (χ3v) is 22.5. The highest BCUT2D eigenvalue weighted by Crippen LogP contribution is 2.45. The third kappa shape index (κ3) is 30.1. The Kier molecular flexibility index (Phi) is 35.9. The molecule has 9 rings (SSSR count). The van der Waals surface area contributed by atoms with Gasteiger partial charge in [-0.2, -0.15) is 0 Å². The van der Waals surface area contributed by atoms with E-state index in [1.165, 1.54) is 300 Å². The molecule has 9 aliphatic carbocycles. The fourth-order valence-electron chi connectivity index (χ4n) is 14.8. The van der Waals surface area contributed by atoms with Crippen molar-refractivity contribution >= 4 is 0 Å². The molecule has 0 amide bonds. The van der Waals surface area contributed by atoms with Crippen LogP contribution in [0.15, 0.2) is 98.7 Å². The molecule has 9 saturated carbocycles. The highest BCUT2D eigenvalue weighted by atomic mass is 14.4. The van der Waals surface area contributed by atoms with Crippen molar-refractivity contribution in [2.45, 2.75) is 365 Å². The standard InChI is InChI=1S/C13H22.C11H20.3C10H18.2C9H16.C8H14/c1-13(9-5-2-6-10-13)11-12-7-3-4-8-12;1-3-11(2)9-7-5-4-6-8-10-11;1-9(2)10(3)7-5-4-6-8-10;1-3-10(2)8-6-4-5-7-9-10;1-3-7-10(2)8-5-4-6-9-10;1-8(2)9(3)6-4-5-7-9;1-3-9(2)7-5-4-6-8-9;1-3-8(2)6-4-5-7-8/h11H,2-10H2,1H3;3H,1,4-10H2,2H3;1,4-8H2,2-3H3;3H,1,4-9H2,2H3;3,7H,4-6,8-9H2,1-2H3;1,4-7H2,2-3H3;3H,1,4-8H2,2H3;3H,1,4-7H2,2H3/b;;;;7-3+;;;. The van der Waals surface area contributed by atoms with Crippen molar-refractivity contribution in [1.82, 2.24) is 0 Å². The predicted octanol–water partition coefficient (Wildman–Crippen LogP) is 28.0. The summed E-state index contributed by atoms with van der Waals surface area (Å²) < 4.78 is 0. The molecule has 0 heteroatoms. The molecule has 0 heterocycles. The van der Waals surface area contributed by atoms with Gasteiger partial charge in [0.2, 0.25) is 0 Å². The second kappa shape index (κ2) is 38.8. The molecule has 0 N–H and O–H groups in total. The Morgan fingerprint density at radius 2 is 0.487 bits per heavy atom. The van der Waals surface area contributed by atoms with E-state index < -0.39 is 0 Å². The van der Waals surface area contributed by atoms with Crippen LogP contribution >= 0.6 is 0 Å². The van der Waals surface area contributed by atoms with Gasteiger partial charge in [-0.1, -0.05) is 288 Å². The molecule has 0 aromatic rings. The molecular weight excluding hydrogens is 961 g/mol. The molecule has 0 aromatic carbocycles. The maximum atomic E-state index is 4.05. The summed E-state index contributed by atoms with van der Waals surface area (Å²) in [6, 6.07) is 0. The second-order valence-corrected chi connectivity index (χ2v) is 30.8. The molecule has 0 radical (unpaired) electrons. The van der Waals surface area contributed by atoms with Gasteiger partial charge >= 0.3 is 0 Å². The summed E-state index contributed by atoms with van der Waals surface area (Å²) >= 11 is 0. The molecule has 0 atom stereocenters. The lowest BCUT2D eigenvalue weighted by molar-refractivity contribution is 0.268. The minimum atomic E-state index is 0.459. The lowest BCUT2D eigenvalue weighted by Crippen LogP contribution is -2.20. The molecule has 80 heavy (non-hydrogen) atoms. The maximum Gasteiger partial charge on any atom is -0.0122 e. The molecule has 0 unspecified atom stereocenters. The van der Waals surface area contributed by atoms with E-state index in [1.54, 1.807) is 5.57 Å². The van der Waals surface area contributed by atoms with Crippen LogP contribution in [0.5, 0.6) is 0 Å². The largest absolute Gasteiger partial charge is 0.103 e. The minimum absolute atomic E-state index is 0.459. The zero-order valence-electron chi connectivity index (χ0n) is 56.6. The number of hydrogen-bond donors (Lipinski definition) is 0. The van der Waals surface area contributed by atoms with Crippen LogP contribution in [0.3, 0.4) is 0 Å². The molecule has 0 aromatic heterocycles. The van der Waals surface area contributed by atoms with Crippen molar-refractivity contribution in [2.75, 3.05) is 0 Å². The van der Waals surface area contributed by atoms with E-state index in [0.29, 0.717) is 43.3 Å². The van der Waals surface area contributed by atoms with Gasteiger partial charge in [-0.05, 0) is 193 Å². The Morgan fingerprint density at radius 3 is 0.725 bits per heavy atom. The normalized spacial score (nSPS) is 25.5. The maximum absolute atomic E-state index is 4.05. The first kappa shape index (κ1) is 74.0. The lowest BCUT2D eigenvalue weighted by Gasteiger charge is -2.34. The summed E-state index contributed by atoms with van der Waals surface area (Å²) in [6.45, 7) is 48.9. The smallest absolute Gasteiger partial charge is 0.0122 e. The van der Waals surface area contributed by atoms with E-state index in [9.17, 15) is 0 Å². The van der Waals surface area contributed by atoms with Crippen molar-refractivity contribution in [3.05, 3.63) is 98.7 Å². The summed E-state index contributed by atoms with van der Waals surface area (Å²) in [6.07, 6.45) is 79.1. The fourth-order valence-corrected chi connectivity index (χ4v) is 14.8. The molecular formula is C80H142. The average Bonchev–Trinajstić information content (AvgIpc) is 4.21. The molecule has 0 bridgehead atoms. The Balaban J connectivity index is 0.000000314. The van der Waals surface area contributed by atoms with E-state index in [2.05, 4.69) is 158 Å². The highest BCUT2D eigenvalue weighted by molar-refractivity contribution is 5.12. The van der Waals surface area contributed by atoms with Gasteiger partial charge in [0, 0.05) is 0 Å². The lowest BCUT2D eigenvalue weighted by atomic mass is 9.72. The number of allylic oxidation sites excluding steroid dienone is 10. The predicted molar refractivity (Wildman–Crippen MR) is 366 cm³/mol. The first-order valence-corrected chi connectivity index (χ1v) is 35.1. The van der Waals surface area contributed by atoms with Gasteiger partial charge in [0.15, 0.2) is 0 Å². The van der Waals surface area contributed by atoms with E-state index in [1.807, 2.05) is 0 Å². The van der Waals surface area contributed by atoms with Crippen LogP contribution in [0.25, 0.3) is 0 Å². The van der Waals surface area contributed by atoms with Crippen LogP contribution in [-0.4, -0.2) is 0 Å². The van der Waals surface area contributed by atoms with Crippen LogP contribution in [0.4, 0.5) is 0 Å². The number of hydrogen-bond acceptors (Lipinski definition) is 0. The first-order valence-electron chi connectivity index (χ1n) is 35.1. The zero-order valence-corrected chi connectivity index (χ0v) is 56.6. The SMILES string of the molecule is C/C=C/C1(C)CCCCC1.C=C(C)C1(C)CCCC1.C=C(C)C1(C)CCCCC1.C=CC1(C)CCCC1.C=CC1(C)CCCCC1.C=CC1(C)CCCCCC1.C=CC1(C)CCCCCCC1.CC1(C=C2CCCC2)CCCCC1. The van der Waals surface area contributed by atoms with Gasteiger partial charge in [-0.3, -0.25) is 0 Å². The summed E-state index contributed by atoms with van der Waals surface area (Å²) in [7, 11) is 0. The van der Waals surface area contributed by atoms with E-state index in [-0.39, 0.29) is 0 Å². The van der Waals surface area contributed by atoms with Gasteiger partial charge in [0.25, 0.3) is 0 Å². The average molecular weight is 1100 g/mol. The Morgan fingerprint density at radius 1 is 0.287 bits per heavy atom. The van der Waals surface area contributed by atoms with Gasteiger partial charge in [0.05, 0.1) is 0 Å². The van der Waals surface area contributed by atoms with Crippen LogP contribution in [0, 0.1) is 43.3 Å². The molecule has 9 aliphatic rings. The van der Waals surface area contributed by atoms with Gasteiger partial charge in [-0.15, -0.1) is 26.3 Å². The molecule has 0 saturated heterocycles. The second-order valence-electron chi connectivity index (χ2n) is 30.8. The topological polar surface area (TPSA) is 0 Å². The van der Waals surface area contributed by atoms with Gasteiger partial charge in [0.1, 0.15) is 0 Å². The van der Waals surface area contributed by atoms with Crippen LogP contribution in [0.2, 0.25) is 0 Å². The number of rotatable bonds is 8. The summed E-state index contributed by atoms with van der Waals surface area (Å²) in [4.78, 5) is 0. The van der Waals surface area contributed by atoms with Crippen molar-refractivity contribution in [2.24, 2.45) is 43.3 Å². The summed E-state index contributed by atoms with van der Waals surface area (Å²) in [5.41, 5.74) is 8.55. The molecule has 9 fully saturated rings. The summed E-state index contributed by atoms with van der Waals surface area (Å²) in [5, 5.41) is 0. The van der Waals surface area contributed by atoms with Crippen LogP contribution in [-0.2, 0) is 0 Å². The van der Waals surface area contributed by atoms with Gasteiger partial charge in [-0.25, -0.2) is 0 Å². The Hall–Kier alpha value is -2.08. The first-order chi connectivity index (χ1) is 37.9. The molecule has 0 nitrogen and oxygen atoms in total. The fraction of sp³-hybridized carbons (Fsp3) is 0.800. The Bertz CT molecular complexity index is 1720. The van der Waals surface area contributed by atoms with Gasteiger partial charge < -0.3 is 0 Å². The monoisotopic (exact) mass is 1100 g/mol. The summed E-state index contributed by atoms with van der Waals surface area (Å²) in [5.74, 6) is 0. The van der Waals surface area contributed by atoms with Crippen molar-refractivity contribution in [3.63, 3.8) is 0 Å². The van der Waals surface area contributed by atoms with Crippen LogP contribution < -0.4 is 0 Å².